The molecule has 2 aromatic rings. The van der Waals surface area contributed by atoms with Crippen LogP contribution in [0.1, 0.15) is 68.9 Å². The summed E-state index contributed by atoms with van der Waals surface area (Å²) >= 11 is 0. The number of benzene rings is 2. The van der Waals surface area contributed by atoms with E-state index in [-0.39, 0.29) is 5.41 Å². The topological polar surface area (TPSA) is 40.9 Å². The summed E-state index contributed by atoms with van der Waals surface area (Å²) in [4.78, 5) is 12.7. The molecule has 0 unspecified atom stereocenters. The number of Topliss-reactive ketones (excluding diaryl/α,β-unsaturated/α-hetero) is 1. The fourth-order valence-corrected chi connectivity index (χ4v) is 3.75. The predicted molar refractivity (Wildman–Crippen MR) is 107 cm³/mol. The van der Waals surface area contributed by atoms with Crippen LogP contribution in [0.15, 0.2) is 42.5 Å². The number of fused-ring (bicyclic) bond motifs is 1. The zero-order valence-corrected chi connectivity index (χ0v) is 16.2. The van der Waals surface area contributed by atoms with Crippen LogP contribution < -0.4 is 0 Å². The van der Waals surface area contributed by atoms with Gasteiger partial charge in [0.25, 0.3) is 0 Å². The van der Waals surface area contributed by atoms with Crippen LogP contribution >= 0.6 is 0 Å². The standard InChI is InChI=1S/C24H25NO/c1-16(12-17-6-8-18(15-25)9-7-17)19-10-11-20-21(13-19)24(4,5)22(26)14-23(20,2)3/h6-13H,14H2,1-5H3. The van der Waals surface area contributed by atoms with Crippen LogP contribution in [0.25, 0.3) is 11.6 Å². The molecule has 26 heavy (non-hydrogen) atoms. The van der Waals surface area contributed by atoms with Gasteiger partial charge in [-0.25, -0.2) is 0 Å². The highest BCUT2D eigenvalue weighted by atomic mass is 16.1. The van der Waals surface area contributed by atoms with Crippen LogP contribution in [0.5, 0.6) is 0 Å². The summed E-state index contributed by atoms with van der Waals surface area (Å²) in [6.07, 6.45) is 2.71. The molecule has 132 valence electrons. The van der Waals surface area contributed by atoms with E-state index in [1.807, 2.05) is 38.1 Å². The van der Waals surface area contributed by atoms with Crippen molar-refractivity contribution in [2.75, 3.05) is 0 Å². The molecule has 2 heteroatoms. The summed E-state index contributed by atoms with van der Waals surface area (Å²) in [7, 11) is 0. The molecule has 3 rings (SSSR count). The number of carbonyl (C=O) groups excluding carboxylic acids is 1. The Balaban J connectivity index is 2.05. The maximum atomic E-state index is 12.7. The van der Waals surface area contributed by atoms with Crippen LogP contribution in [0, 0.1) is 11.3 Å². The van der Waals surface area contributed by atoms with E-state index in [0.717, 1.165) is 22.3 Å². The summed E-state index contributed by atoms with van der Waals surface area (Å²) < 4.78 is 0. The van der Waals surface area contributed by atoms with Gasteiger partial charge in [-0.1, -0.05) is 50.3 Å². The molecular weight excluding hydrogens is 318 g/mol. The Kier molecular flexibility index (Phi) is 4.36. The van der Waals surface area contributed by atoms with Gasteiger partial charge in [-0.05, 0) is 66.1 Å². The van der Waals surface area contributed by atoms with Crippen LogP contribution in [0.4, 0.5) is 0 Å². The van der Waals surface area contributed by atoms with Crippen molar-refractivity contribution in [3.63, 3.8) is 0 Å². The Morgan fingerprint density at radius 3 is 2.31 bits per heavy atom. The third-order valence-corrected chi connectivity index (χ3v) is 5.60. The van der Waals surface area contributed by atoms with Crippen molar-refractivity contribution in [1.29, 1.82) is 5.26 Å². The molecule has 0 bridgehead atoms. The number of ketones is 1. The lowest BCUT2D eigenvalue weighted by atomic mass is 9.62. The molecule has 0 fully saturated rings. The van der Waals surface area contributed by atoms with E-state index in [0.29, 0.717) is 17.8 Å². The first-order chi connectivity index (χ1) is 12.1. The fraction of sp³-hybridized carbons (Fsp3) is 0.333. The Labute approximate surface area is 156 Å². The van der Waals surface area contributed by atoms with E-state index in [1.54, 1.807) is 0 Å². The molecule has 1 aliphatic carbocycles. The number of hydrogen-bond acceptors (Lipinski definition) is 2. The third kappa shape index (κ3) is 3.10. The van der Waals surface area contributed by atoms with Crippen LogP contribution in [0.3, 0.4) is 0 Å². The highest BCUT2D eigenvalue weighted by molar-refractivity contribution is 5.93. The largest absolute Gasteiger partial charge is 0.299 e. The van der Waals surface area contributed by atoms with Gasteiger partial charge in [0.1, 0.15) is 5.78 Å². The lowest BCUT2D eigenvalue weighted by molar-refractivity contribution is -0.125. The number of nitrogens with zero attached hydrogens (tertiary/aromatic N) is 1. The molecular formula is C24H25NO. The van der Waals surface area contributed by atoms with Gasteiger partial charge >= 0.3 is 0 Å². The van der Waals surface area contributed by atoms with Crippen molar-refractivity contribution in [3.05, 3.63) is 70.3 Å². The second kappa shape index (κ2) is 6.25. The van der Waals surface area contributed by atoms with Gasteiger partial charge in [0.05, 0.1) is 11.6 Å². The molecule has 0 heterocycles. The predicted octanol–water partition coefficient (Wildman–Crippen LogP) is 5.65. The van der Waals surface area contributed by atoms with E-state index in [1.165, 1.54) is 5.56 Å². The van der Waals surface area contributed by atoms with E-state index >= 15 is 0 Å². The van der Waals surface area contributed by atoms with Crippen molar-refractivity contribution in [1.82, 2.24) is 0 Å². The number of carbonyl (C=O) groups is 1. The Bertz CT molecular complexity index is 937. The molecule has 0 aliphatic heterocycles. The summed E-state index contributed by atoms with van der Waals surface area (Å²) in [6.45, 7) is 10.5. The van der Waals surface area contributed by atoms with Crippen LogP contribution in [0.2, 0.25) is 0 Å². The van der Waals surface area contributed by atoms with Crippen LogP contribution in [-0.2, 0) is 15.6 Å². The molecule has 2 nitrogen and oxygen atoms in total. The van der Waals surface area contributed by atoms with E-state index in [9.17, 15) is 4.79 Å². The normalized spacial score (nSPS) is 18.2. The molecule has 0 radical (unpaired) electrons. The van der Waals surface area contributed by atoms with E-state index < -0.39 is 5.41 Å². The van der Waals surface area contributed by atoms with Gasteiger partial charge in [-0.15, -0.1) is 0 Å². The third-order valence-electron chi connectivity index (χ3n) is 5.60. The summed E-state index contributed by atoms with van der Waals surface area (Å²) in [5, 5.41) is 8.92. The zero-order chi connectivity index (χ0) is 19.1. The lowest BCUT2D eigenvalue weighted by Crippen LogP contribution is -2.42. The number of rotatable bonds is 2. The maximum absolute atomic E-state index is 12.7. The molecule has 1 aliphatic rings. The maximum Gasteiger partial charge on any atom is 0.143 e. The molecule has 0 saturated heterocycles. The van der Waals surface area contributed by atoms with Crippen molar-refractivity contribution >= 4 is 17.4 Å². The summed E-state index contributed by atoms with van der Waals surface area (Å²) in [6, 6.07) is 16.2. The van der Waals surface area contributed by atoms with Gasteiger partial charge in [-0.2, -0.15) is 5.26 Å². The van der Waals surface area contributed by atoms with Crippen LogP contribution in [-0.4, -0.2) is 5.78 Å². The van der Waals surface area contributed by atoms with E-state index in [4.69, 9.17) is 5.26 Å². The first-order valence-electron chi connectivity index (χ1n) is 9.02. The highest BCUT2D eigenvalue weighted by Gasteiger charge is 2.43. The Morgan fingerprint density at radius 1 is 1.04 bits per heavy atom. The monoisotopic (exact) mass is 343 g/mol. The Morgan fingerprint density at radius 2 is 1.69 bits per heavy atom. The van der Waals surface area contributed by atoms with E-state index in [2.05, 4.69) is 51.1 Å². The highest BCUT2D eigenvalue weighted by Crippen LogP contribution is 2.44. The molecule has 0 spiro atoms. The second-order valence-corrected chi connectivity index (χ2v) is 8.43. The number of nitriles is 1. The smallest absolute Gasteiger partial charge is 0.143 e. The molecule has 0 N–H and O–H groups in total. The van der Waals surface area contributed by atoms with Crippen molar-refractivity contribution in [2.45, 2.75) is 51.9 Å². The summed E-state index contributed by atoms with van der Waals surface area (Å²) in [5.41, 5.74) is 5.85. The van der Waals surface area contributed by atoms with Gasteiger partial charge in [0, 0.05) is 11.8 Å². The molecule has 0 saturated carbocycles. The first-order valence-corrected chi connectivity index (χ1v) is 9.02. The zero-order valence-electron chi connectivity index (χ0n) is 16.2. The number of allylic oxidation sites excluding steroid dienone is 1. The van der Waals surface area contributed by atoms with Gasteiger partial charge in [-0.3, -0.25) is 4.79 Å². The average Bonchev–Trinajstić information content (AvgIpc) is 2.60. The molecule has 0 aromatic heterocycles. The minimum atomic E-state index is -0.449. The van der Waals surface area contributed by atoms with Crippen molar-refractivity contribution in [2.24, 2.45) is 0 Å². The Hall–Kier alpha value is -2.66. The first kappa shape index (κ1) is 18.1. The molecule has 2 aromatic carbocycles. The minimum Gasteiger partial charge on any atom is -0.299 e. The average molecular weight is 343 g/mol. The second-order valence-electron chi connectivity index (χ2n) is 8.43. The fourth-order valence-electron chi connectivity index (χ4n) is 3.75. The van der Waals surface area contributed by atoms with Gasteiger partial charge in [0.2, 0.25) is 0 Å². The molecule has 0 amide bonds. The lowest BCUT2D eigenvalue weighted by Gasteiger charge is -2.40. The SMILES string of the molecule is CC(=Cc1ccc(C#N)cc1)c1ccc2c(c1)C(C)(C)C(=O)CC2(C)C. The minimum absolute atomic E-state index is 0.120. The van der Waals surface area contributed by atoms with Crippen molar-refractivity contribution in [3.8, 4) is 6.07 Å². The molecule has 0 atom stereocenters. The van der Waals surface area contributed by atoms with Gasteiger partial charge in [0.15, 0.2) is 0 Å². The van der Waals surface area contributed by atoms with Crippen molar-refractivity contribution < 1.29 is 4.79 Å². The number of hydrogen-bond donors (Lipinski definition) is 0. The van der Waals surface area contributed by atoms with Gasteiger partial charge < -0.3 is 0 Å². The summed E-state index contributed by atoms with van der Waals surface area (Å²) in [5.74, 6) is 0.306. The quantitative estimate of drug-likeness (QED) is 0.661.